The highest BCUT2D eigenvalue weighted by molar-refractivity contribution is 6.74. The Morgan fingerprint density at radius 3 is 2.62 bits per heavy atom. The van der Waals surface area contributed by atoms with Crippen molar-refractivity contribution in [2.75, 3.05) is 5.73 Å². The standard InChI is InChI=1S/C17H29N5O3Si/c1-7-10-12(23)13(25-26(5,6)17(2,3)4)16(24-10)22-9-21-11-14(18)19-8-20-15(11)22/h8-10,12-13,16,23H,7H2,1-6H3,(H2,18,19,20)/t10-,12-,13-,16-/m1/s1. The van der Waals surface area contributed by atoms with Crippen molar-refractivity contribution >= 4 is 25.3 Å². The topological polar surface area (TPSA) is 108 Å². The van der Waals surface area contributed by atoms with E-state index in [1.807, 2.05) is 6.92 Å². The normalized spacial score (nSPS) is 27.3. The molecule has 1 saturated heterocycles. The second kappa shape index (κ2) is 6.56. The van der Waals surface area contributed by atoms with Gasteiger partial charge in [0.05, 0.1) is 12.4 Å². The molecule has 3 rings (SSSR count). The Labute approximate surface area is 154 Å². The summed E-state index contributed by atoms with van der Waals surface area (Å²) in [6, 6.07) is 0. The molecule has 1 aliphatic rings. The van der Waals surface area contributed by atoms with Crippen molar-refractivity contribution in [1.82, 2.24) is 19.5 Å². The number of aromatic nitrogens is 4. The summed E-state index contributed by atoms with van der Waals surface area (Å²) in [5.41, 5.74) is 7.00. The molecule has 0 spiro atoms. The number of nitrogen functional groups attached to an aromatic ring is 1. The van der Waals surface area contributed by atoms with E-state index >= 15 is 0 Å². The minimum atomic E-state index is -2.12. The van der Waals surface area contributed by atoms with Gasteiger partial charge < -0.3 is 20.0 Å². The van der Waals surface area contributed by atoms with Gasteiger partial charge in [-0.05, 0) is 24.6 Å². The molecular weight excluding hydrogens is 350 g/mol. The monoisotopic (exact) mass is 379 g/mol. The van der Waals surface area contributed by atoms with Crippen molar-refractivity contribution in [3.63, 3.8) is 0 Å². The third kappa shape index (κ3) is 3.13. The van der Waals surface area contributed by atoms with Gasteiger partial charge >= 0.3 is 0 Å². The Morgan fingerprint density at radius 1 is 1.31 bits per heavy atom. The molecule has 8 nitrogen and oxygen atoms in total. The van der Waals surface area contributed by atoms with Gasteiger partial charge in [-0.3, -0.25) is 4.57 Å². The number of hydrogen-bond acceptors (Lipinski definition) is 7. The molecule has 0 aromatic carbocycles. The highest BCUT2D eigenvalue weighted by Gasteiger charge is 2.50. The minimum Gasteiger partial charge on any atom is -0.407 e. The summed E-state index contributed by atoms with van der Waals surface area (Å²) in [6.45, 7) is 12.9. The quantitative estimate of drug-likeness (QED) is 0.786. The predicted molar refractivity (Wildman–Crippen MR) is 102 cm³/mol. The fourth-order valence-corrected chi connectivity index (χ4v) is 4.27. The summed E-state index contributed by atoms with van der Waals surface area (Å²) in [5, 5.41) is 10.9. The molecule has 2 aromatic rings. The summed E-state index contributed by atoms with van der Waals surface area (Å²) in [7, 11) is -2.12. The molecule has 4 atom stereocenters. The highest BCUT2D eigenvalue weighted by atomic mass is 28.4. The summed E-state index contributed by atoms with van der Waals surface area (Å²) in [4.78, 5) is 12.6. The molecule has 1 aliphatic heterocycles. The van der Waals surface area contributed by atoms with Crippen molar-refractivity contribution in [3.8, 4) is 0 Å². The van der Waals surface area contributed by atoms with Crippen LogP contribution in [0.1, 0.15) is 40.3 Å². The molecule has 0 saturated carbocycles. The molecule has 2 aromatic heterocycles. The molecule has 0 aliphatic carbocycles. The van der Waals surface area contributed by atoms with Gasteiger partial charge in [-0.1, -0.05) is 27.7 Å². The van der Waals surface area contributed by atoms with Crippen molar-refractivity contribution in [2.45, 2.75) is 76.8 Å². The van der Waals surface area contributed by atoms with E-state index in [2.05, 4.69) is 48.8 Å². The second-order valence-corrected chi connectivity index (χ2v) is 13.1. The number of rotatable bonds is 4. The van der Waals surface area contributed by atoms with E-state index in [-0.39, 0.29) is 11.1 Å². The Balaban J connectivity index is 2.01. The third-order valence-electron chi connectivity index (χ3n) is 5.61. The smallest absolute Gasteiger partial charge is 0.192 e. The lowest BCUT2D eigenvalue weighted by Crippen LogP contribution is -2.48. The average Bonchev–Trinajstić information content (AvgIpc) is 3.09. The number of aliphatic hydroxyl groups excluding tert-OH is 1. The molecule has 0 amide bonds. The van der Waals surface area contributed by atoms with Crippen LogP contribution < -0.4 is 5.73 Å². The van der Waals surface area contributed by atoms with E-state index in [0.717, 1.165) is 0 Å². The molecule has 3 heterocycles. The first-order valence-electron chi connectivity index (χ1n) is 9.01. The predicted octanol–water partition coefficient (Wildman–Crippen LogP) is 2.47. The number of ether oxygens (including phenoxy) is 1. The van der Waals surface area contributed by atoms with Gasteiger partial charge in [0.15, 0.2) is 26.0 Å². The van der Waals surface area contributed by atoms with Crippen LogP contribution in [0.3, 0.4) is 0 Å². The van der Waals surface area contributed by atoms with Gasteiger partial charge in [0, 0.05) is 0 Å². The highest BCUT2D eigenvalue weighted by Crippen LogP contribution is 2.42. The molecule has 1 fully saturated rings. The van der Waals surface area contributed by atoms with Crippen molar-refractivity contribution in [3.05, 3.63) is 12.7 Å². The first kappa shape index (κ1) is 19.2. The maximum atomic E-state index is 10.9. The van der Waals surface area contributed by atoms with Gasteiger partial charge in [-0.25, -0.2) is 15.0 Å². The number of fused-ring (bicyclic) bond motifs is 1. The molecule has 26 heavy (non-hydrogen) atoms. The number of imidazole rings is 1. The van der Waals surface area contributed by atoms with Gasteiger partial charge in [-0.15, -0.1) is 0 Å². The van der Waals surface area contributed by atoms with Crippen LogP contribution in [-0.4, -0.2) is 51.3 Å². The third-order valence-corrected chi connectivity index (χ3v) is 10.1. The summed E-state index contributed by atoms with van der Waals surface area (Å²) < 4.78 is 14.5. The number of nitrogens with zero attached hydrogens (tertiary/aromatic N) is 4. The Hall–Kier alpha value is -1.55. The lowest BCUT2D eigenvalue weighted by Gasteiger charge is -2.40. The average molecular weight is 380 g/mol. The van der Waals surface area contributed by atoms with Crippen molar-refractivity contribution in [2.24, 2.45) is 0 Å². The summed E-state index contributed by atoms with van der Waals surface area (Å²) >= 11 is 0. The summed E-state index contributed by atoms with van der Waals surface area (Å²) in [5.74, 6) is 0.321. The van der Waals surface area contributed by atoms with E-state index in [0.29, 0.717) is 23.4 Å². The number of nitrogens with two attached hydrogens (primary N) is 1. The summed E-state index contributed by atoms with van der Waals surface area (Å²) in [6.07, 6.45) is 1.72. The van der Waals surface area contributed by atoms with Crippen molar-refractivity contribution in [1.29, 1.82) is 0 Å². The van der Waals surface area contributed by atoms with Crippen LogP contribution in [0.2, 0.25) is 18.1 Å². The molecule has 144 valence electrons. The van der Waals surface area contributed by atoms with Gasteiger partial charge in [-0.2, -0.15) is 0 Å². The van der Waals surface area contributed by atoms with E-state index in [1.165, 1.54) is 6.33 Å². The SMILES string of the molecule is CC[C@H]1O[C@@H](n2cnc3c(N)ncnc32)[C@H](O[Si](C)(C)C(C)(C)C)[C@@H]1O. The molecule has 9 heteroatoms. The Bertz CT molecular complexity index is 788. The van der Waals surface area contributed by atoms with Crippen LogP contribution in [0.25, 0.3) is 11.2 Å². The number of anilines is 1. The van der Waals surface area contributed by atoms with Gasteiger partial charge in [0.1, 0.15) is 24.1 Å². The van der Waals surface area contributed by atoms with Crippen LogP contribution in [-0.2, 0) is 9.16 Å². The lowest BCUT2D eigenvalue weighted by molar-refractivity contribution is -0.0325. The van der Waals surface area contributed by atoms with E-state index in [4.69, 9.17) is 14.9 Å². The van der Waals surface area contributed by atoms with Gasteiger partial charge in [0.25, 0.3) is 0 Å². The lowest BCUT2D eigenvalue weighted by atomic mass is 10.1. The molecule has 3 N–H and O–H groups in total. The van der Waals surface area contributed by atoms with Crippen LogP contribution in [0.4, 0.5) is 5.82 Å². The van der Waals surface area contributed by atoms with Crippen LogP contribution >= 0.6 is 0 Å². The fourth-order valence-electron chi connectivity index (χ4n) is 2.98. The largest absolute Gasteiger partial charge is 0.407 e. The zero-order chi connectivity index (χ0) is 19.3. The van der Waals surface area contributed by atoms with E-state index in [9.17, 15) is 5.11 Å². The maximum Gasteiger partial charge on any atom is 0.192 e. The zero-order valence-corrected chi connectivity index (χ0v) is 17.3. The van der Waals surface area contributed by atoms with Crippen molar-refractivity contribution < 1.29 is 14.3 Å². The molecule has 0 radical (unpaired) electrons. The van der Waals surface area contributed by atoms with E-state index < -0.39 is 26.8 Å². The first-order valence-corrected chi connectivity index (χ1v) is 11.9. The Morgan fingerprint density at radius 2 is 2.00 bits per heavy atom. The second-order valence-electron chi connectivity index (χ2n) is 8.39. The fraction of sp³-hybridized carbons (Fsp3) is 0.706. The number of aliphatic hydroxyl groups is 1. The maximum absolute atomic E-state index is 10.9. The molecular formula is C17H29N5O3Si. The van der Waals surface area contributed by atoms with Crippen LogP contribution in [0.15, 0.2) is 12.7 Å². The minimum absolute atomic E-state index is 0.0190. The van der Waals surface area contributed by atoms with Gasteiger partial charge in [0.2, 0.25) is 0 Å². The van der Waals surface area contributed by atoms with E-state index in [1.54, 1.807) is 10.9 Å². The van der Waals surface area contributed by atoms with Crippen LogP contribution in [0.5, 0.6) is 0 Å². The number of hydrogen-bond donors (Lipinski definition) is 2. The van der Waals surface area contributed by atoms with Crippen LogP contribution in [0, 0.1) is 0 Å². The molecule has 0 bridgehead atoms. The first-order chi connectivity index (χ1) is 12.1. The molecule has 0 unspecified atom stereocenters. The zero-order valence-electron chi connectivity index (χ0n) is 16.3. The Kier molecular flexibility index (Phi) is 4.85.